The summed E-state index contributed by atoms with van der Waals surface area (Å²) in [6, 6.07) is -0.639. The molecular weight excluding hydrogens is 324 g/mol. The zero-order chi connectivity index (χ0) is 17.3. The monoisotopic (exact) mass is 344 g/mol. The van der Waals surface area contributed by atoms with E-state index >= 15 is 0 Å². The standard InChI is InChI=1S/C18H20N2O3S/c1-10-4-3-5-12-13(11(2)8-10)9-24-16(12)18(23)19-14-6-7-15(21)20-17(14)22/h4,8-9,14H,3,5-7H2,1-2H3,(H,19,23)(H,20,21,22). The van der Waals surface area contributed by atoms with Gasteiger partial charge in [0.25, 0.3) is 5.91 Å². The second kappa shape index (κ2) is 6.73. The number of hydrogen-bond acceptors (Lipinski definition) is 4. The summed E-state index contributed by atoms with van der Waals surface area (Å²) in [7, 11) is 0. The van der Waals surface area contributed by atoms with E-state index in [1.165, 1.54) is 16.9 Å². The van der Waals surface area contributed by atoms with Crippen LogP contribution in [0.5, 0.6) is 0 Å². The number of imide groups is 1. The molecule has 0 saturated carbocycles. The number of rotatable bonds is 2. The minimum atomic E-state index is -0.639. The summed E-state index contributed by atoms with van der Waals surface area (Å²) in [4.78, 5) is 36.3. The van der Waals surface area contributed by atoms with E-state index in [4.69, 9.17) is 0 Å². The molecule has 0 radical (unpaired) electrons. The molecule has 1 unspecified atom stereocenters. The van der Waals surface area contributed by atoms with Crippen LogP contribution in [0.25, 0.3) is 5.57 Å². The average molecular weight is 344 g/mol. The second-order valence-corrected chi connectivity index (χ2v) is 7.13. The Bertz CT molecular complexity index is 773. The zero-order valence-electron chi connectivity index (χ0n) is 13.8. The minimum absolute atomic E-state index is 0.232. The molecule has 3 rings (SSSR count). The van der Waals surface area contributed by atoms with Gasteiger partial charge >= 0.3 is 0 Å². The van der Waals surface area contributed by atoms with Crippen LogP contribution < -0.4 is 10.6 Å². The first-order valence-corrected chi connectivity index (χ1v) is 8.94. The van der Waals surface area contributed by atoms with Crippen molar-refractivity contribution in [1.29, 1.82) is 0 Å². The first-order chi connectivity index (χ1) is 11.5. The zero-order valence-corrected chi connectivity index (χ0v) is 14.6. The van der Waals surface area contributed by atoms with Gasteiger partial charge in [0.15, 0.2) is 0 Å². The van der Waals surface area contributed by atoms with Crippen molar-refractivity contribution in [3.05, 3.63) is 39.1 Å². The fourth-order valence-electron chi connectivity index (χ4n) is 3.13. The molecule has 5 nitrogen and oxygen atoms in total. The molecule has 1 aromatic heterocycles. The largest absolute Gasteiger partial charge is 0.340 e. The van der Waals surface area contributed by atoms with Gasteiger partial charge in [0.1, 0.15) is 6.04 Å². The fraction of sp³-hybridized carbons (Fsp3) is 0.389. The maximum absolute atomic E-state index is 12.6. The lowest BCUT2D eigenvalue weighted by Crippen LogP contribution is -2.52. The molecule has 0 bridgehead atoms. The molecule has 1 aromatic rings. The molecule has 0 aromatic carbocycles. The van der Waals surface area contributed by atoms with Gasteiger partial charge < -0.3 is 5.32 Å². The topological polar surface area (TPSA) is 75.3 Å². The lowest BCUT2D eigenvalue weighted by Gasteiger charge is -2.21. The second-order valence-electron chi connectivity index (χ2n) is 6.25. The molecule has 1 saturated heterocycles. The first-order valence-electron chi connectivity index (χ1n) is 8.06. The molecule has 3 amide bonds. The summed E-state index contributed by atoms with van der Waals surface area (Å²) < 4.78 is 0. The maximum Gasteiger partial charge on any atom is 0.262 e. The third-order valence-corrected chi connectivity index (χ3v) is 5.40. The van der Waals surface area contributed by atoms with Gasteiger partial charge in [-0.3, -0.25) is 19.7 Å². The predicted octanol–water partition coefficient (Wildman–Crippen LogP) is 2.58. The Morgan fingerprint density at radius 2 is 2.08 bits per heavy atom. The number of allylic oxidation sites excluding steroid dienone is 4. The quantitative estimate of drug-likeness (QED) is 0.810. The maximum atomic E-state index is 12.6. The number of carbonyl (C=O) groups is 3. The average Bonchev–Trinajstić information content (AvgIpc) is 2.92. The van der Waals surface area contributed by atoms with Gasteiger partial charge in [0, 0.05) is 6.42 Å². The smallest absolute Gasteiger partial charge is 0.262 e. The van der Waals surface area contributed by atoms with Crippen LogP contribution in [0.3, 0.4) is 0 Å². The lowest BCUT2D eigenvalue weighted by atomic mass is 9.95. The van der Waals surface area contributed by atoms with Crippen molar-refractivity contribution in [2.75, 3.05) is 0 Å². The summed E-state index contributed by atoms with van der Waals surface area (Å²) in [6.45, 7) is 4.13. The molecule has 1 atom stereocenters. The van der Waals surface area contributed by atoms with Gasteiger partial charge in [-0.1, -0.05) is 17.7 Å². The lowest BCUT2D eigenvalue weighted by molar-refractivity contribution is -0.134. The van der Waals surface area contributed by atoms with Crippen LogP contribution in [0.1, 0.15) is 53.9 Å². The van der Waals surface area contributed by atoms with E-state index in [9.17, 15) is 14.4 Å². The van der Waals surface area contributed by atoms with Crippen molar-refractivity contribution in [3.63, 3.8) is 0 Å². The third kappa shape index (κ3) is 3.33. The molecule has 2 heterocycles. The van der Waals surface area contributed by atoms with Crippen molar-refractivity contribution in [2.24, 2.45) is 0 Å². The van der Waals surface area contributed by atoms with Crippen LogP contribution >= 0.6 is 11.3 Å². The van der Waals surface area contributed by atoms with Crippen LogP contribution in [-0.2, 0) is 16.0 Å². The molecule has 126 valence electrons. The normalized spacial score (nSPS) is 21.0. The van der Waals surface area contributed by atoms with Crippen LogP contribution in [0.4, 0.5) is 0 Å². The number of piperidine rings is 1. The van der Waals surface area contributed by atoms with Crippen molar-refractivity contribution in [1.82, 2.24) is 10.6 Å². The van der Waals surface area contributed by atoms with Gasteiger partial charge in [0.2, 0.25) is 11.8 Å². The van der Waals surface area contributed by atoms with Crippen LogP contribution in [-0.4, -0.2) is 23.8 Å². The summed E-state index contributed by atoms with van der Waals surface area (Å²) in [5.74, 6) is -0.937. The van der Waals surface area contributed by atoms with Crippen LogP contribution in [0.15, 0.2) is 23.1 Å². The van der Waals surface area contributed by atoms with Crippen molar-refractivity contribution in [2.45, 2.75) is 45.6 Å². The summed E-state index contributed by atoms with van der Waals surface area (Å²) >= 11 is 1.41. The van der Waals surface area contributed by atoms with E-state index in [0.717, 1.165) is 29.5 Å². The van der Waals surface area contributed by atoms with Crippen LogP contribution in [0, 0.1) is 0 Å². The third-order valence-electron chi connectivity index (χ3n) is 4.37. The molecule has 2 N–H and O–H groups in total. The highest BCUT2D eigenvalue weighted by molar-refractivity contribution is 7.12. The molecule has 2 aliphatic rings. The van der Waals surface area contributed by atoms with E-state index in [1.54, 1.807) is 0 Å². The Kier molecular flexibility index (Phi) is 4.66. The Morgan fingerprint density at radius 1 is 1.29 bits per heavy atom. The van der Waals surface area contributed by atoms with E-state index in [0.29, 0.717) is 11.3 Å². The summed E-state index contributed by atoms with van der Waals surface area (Å²) in [5.41, 5.74) is 4.54. The number of nitrogens with one attached hydrogen (secondary N) is 2. The van der Waals surface area contributed by atoms with Crippen LogP contribution in [0.2, 0.25) is 0 Å². The molecule has 1 fully saturated rings. The van der Waals surface area contributed by atoms with E-state index in [2.05, 4.69) is 36.6 Å². The number of carbonyl (C=O) groups excluding carboxylic acids is 3. The van der Waals surface area contributed by atoms with Crippen molar-refractivity contribution >= 4 is 34.6 Å². The highest BCUT2D eigenvalue weighted by Gasteiger charge is 2.29. The highest BCUT2D eigenvalue weighted by Crippen LogP contribution is 2.32. The SMILES string of the molecule is CC1=CCCc2c(csc2C(=O)NC2CCC(=O)NC2=O)C(C)=C1. The Hall–Kier alpha value is -2.21. The minimum Gasteiger partial charge on any atom is -0.340 e. The molecule has 24 heavy (non-hydrogen) atoms. The molecule has 1 aliphatic carbocycles. The molecule has 6 heteroatoms. The van der Waals surface area contributed by atoms with E-state index < -0.39 is 11.9 Å². The fourth-order valence-corrected chi connectivity index (χ4v) is 4.21. The molecule has 1 aliphatic heterocycles. The van der Waals surface area contributed by atoms with Gasteiger partial charge in [-0.2, -0.15) is 0 Å². The van der Waals surface area contributed by atoms with Crippen molar-refractivity contribution in [3.8, 4) is 0 Å². The molecular formula is C18H20N2O3S. The number of amides is 3. The highest BCUT2D eigenvalue weighted by atomic mass is 32.1. The number of fused-ring (bicyclic) bond motifs is 1. The van der Waals surface area contributed by atoms with Crippen molar-refractivity contribution < 1.29 is 14.4 Å². The molecule has 0 spiro atoms. The van der Waals surface area contributed by atoms with E-state index in [-0.39, 0.29) is 18.2 Å². The number of hydrogen-bond donors (Lipinski definition) is 2. The van der Waals surface area contributed by atoms with Gasteiger partial charge in [0.05, 0.1) is 4.88 Å². The summed E-state index contributed by atoms with van der Waals surface area (Å²) in [5, 5.41) is 7.05. The Morgan fingerprint density at radius 3 is 2.83 bits per heavy atom. The summed E-state index contributed by atoms with van der Waals surface area (Å²) in [6.07, 6.45) is 6.60. The van der Waals surface area contributed by atoms with Gasteiger partial charge in [-0.15, -0.1) is 11.3 Å². The first kappa shape index (κ1) is 16.6. The van der Waals surface area contributed by atoms with Gasteiger partial charge in [-0.25, -0.2) is 0 Å². The number of thiophene rings is 1. The van der Waals surface area contributed by atoms with Gasteiger partial charge in [-0.05, 0) is 55.2 Å². The Labute approximate surface area is 144 Å². The van der Waals surface area contributed by atoms with E-state index in [1.807, 2.05) is 5.38 Å². The Balaban J connectivity index is 1.81. The predicted molar refractivity (Wildman–Crippen MR) is 93.7 cm³/mol.